The number of aryl methyl sites for hydroxylation is 1. The molecule has 0 fully saturated rings. The minimum Gasteiger partial charge on any atom is -0.359 e. The molecule has 5 nitrogen and oxygen atoms in total. The van der Waals surface area contributed by atoms with Crippen LogP contribution in [-0.4, -0.2) is 30.4 Å². The van der Waals surface area contributed by atoms with Gasteiger partial charge in [0.25, 0.3) is 5.91 Å². The van der Waals surface area contributed by atoms with Gasteiger partial charge in [0.05, 0.1) is 5.01 Å². The van der Waals surface area contributed by atoms with Crippen LogP contribution in [-0.2, 0) is 4.79 Å². The molecule has 2 N–H and O–H groups in total. The molecule has 1 aromatic rings. The number of hydrogen-bond donors (Lipinski definition) is 2. The van der Waals surface area contributed by atoms with Crippen molar-refractivity contribution in [3.63, 3.8) is 0 Å². The monoisotopic (exact) mass is 227 g/mol. The third-order valence-electron chi connectivity index (χ3n) is 1.77. The van der Waals surface area contributed by atoms with E-state index in [-0.39, 0.29) is 18.2 Å². The van der Waals surface area contributed by atoms with Gasteiger partial charge in [-0.1, -0.05) is 0 Å². The van der Waals surface area contributed by atoms with Gasteiger partial charge in [0.15, 0.2) is 0 Å². The Labute approximate surface area is 91.9 Å². The van der Waals surface area contributed by atoms with Crippen molar-refractivity contribution in [3.05, 3.63) is 16.1 Å². The molecule has 6 heteroatoms. The Balaban J connectivity index is 2.34. The van der Waals surface area contributed by atoms with Crippen LogP contribution in [0.25, 0.3) is 0 Å². The number of carbonyl (C=O) groups excluding carboxylic acids is 2. The fourth-order valence-corrected chi connectivity index (χ4v) is 1.57. The predicted octanol–water partition coefficient (Wildman–Crippen LogP) is 0.317. The molecule has 1 heterocycles. The fraction of sp³-hybridized carbons (Fsp3) is 0.444. The highest BCUT2D eigenvalue weighted by Gasteiger charge is 2.08. The second-order valence-electron chi connectivity index (χ2n) is 2.93. The van der Waals surface area contributed by atoms with Crippen LogP contribution in [0.5, 0.6) is 0 Å². The van der Waals surface area contributed by atoms with Crippen molar-refractivity contribution in [2.45, 2.75) is 13.3 Å². The normalized spacial score (nSPS) is 9.73. The molecule has 0 aromatic carbocycles. The molecular weight excluding hydrogens is 214 g/mol. The van der Waals surface area contributed by atoms with E-state index in [0.29, 0.717) is 12.2 Å². The van der Waals surface area contributed by atoms with E-state index in [1.165, 1.54) is 11.3 Å². The van der Waals surface area contributed by atoms with Crippen LogP contribution in [0.4, 0.5) is 0 Å². The number of rotatable bonds is 4. The average molecular weight is 227 g/mol. The van der Waals surface area contributed by atoms with Crippen LogP contribution in [0.2, 0.25) is 0 Å². The fourth-order valence-electron chi connectivity index (χ4n) is 0.973. The van der Waals surface area contributed by atoms with E-state index in [1.54, 1.807) is 12.4 Å². The molecular formula is C9H13N3O2S. The molecule has 82 valence electrons. The molecule has 1 aromatic heterocycles. The highest BCUT2D eigenvalue weighted by molar-refractivity contribution is 7.09. The smallest absolute Gasteiger partial charge is 0.270 e. The van der Waals surface area contributed by atoms with Crippen molar-refractivity contribution in [2.24, 2.45) is 0 Å². The Bertz CT molecular complexity index is 362. The first-order valence-electron chi connectivity index (χ1n) is 4.54. The van der Waals surface area contributed by atoms with Crippen molar-refractivity contribution in [3.8, 4) is 0 Å². The van der Waals surface area contributed by atoms with E-state index in [1.807, 2.05) is 6.92 Å². The summed E-state index contributed by atoms with van der Waals surface area (Å²) < 4.78 is 0. The third-order valence-corrected chi connectivity index (χ3v) is 2.54. The lowest BCUT2D eigenvalue weighted by Crippen LogP contribution is -2.29. The Hall–Kier alpha value is -1.43. The van der Waals surface area contributed by atoms with E-state index >= 15 is 0 Å². The summed E-state index contributed by atoms with van der Waals surface area (Å²) in [5.74, 6) is -0.326. The van der Waals surface area contributed by atoms with Gasteiger partial charge in [-0.25, -0.2) is 4.98 Å². The van der Waals surface area contributed by atoms with Gasteiger partial charge in [0, 0.05) is 25.4 Å². The van der Waals surface area contributed by atoms with Crippen molar-refractivity contribution in [2.75, 3.05) is 13.6 Å². The second-order valence-corrected chi connectivity index (χ2v) is 3.99. The SMILES string of the molecule is CNC(=O)CCNC(=O)c1csc(C)n1. The molecule has 1 rings (SSSR count). The topological polar surface area (TPSA) is 71.1 Å². The molecule has 0 aliphatic carbocycles. The van der Waals surface area contributed by atoms with Gasteiger partial charge in [-0.2, -0.15) is 0 Å². The molecule has 2 amide bonds. The Morgan fingerprint density at radius 2 is 2.27 bits per heavy atom. The summed E-state index contributed by atoms with van der Waals surface area (Å²) in [4.78, 5) is 26.3. The van der Waals surface area contributed by atoms with E-state index < -0.39 is 0 Å². The number of hydrogen-bond acceptors (Lipinski definition) is 4. The van der Waals surface area contributed by atoms with E-state index in [4.69, 9.17) is 0 Å². The standard InChI is InChI=1S/C9H13N3O2S/c1-6-12-7(5-15-6)9(14)11-4-3-8(13)10-2/h5H,3-4H2,1-2H3,(H,10,13)(H,11,14). The van der Waals surface area contributed by atoms with Crippen LogP contribution in [0.15, 0.2) is 5.38 Å². The lowest BCUT2D eigenvalue weighted by atomic mass is 10.4. The summed E-state index contributed by atoms with van der Waals surface area (Å²) in [5, 5.41) is 7.65. The van der Waals surface area contributed by atoms with Crippen LogP contribution in [0, 0.1) is 6.92 Å². The Morgan fingerprint density at radius 3 is 2.80 bits per heavy atom. The quantitative estimate of drug-likeness (QED) is 0.778. The average Bonchev–Trinajstić information content (AvgIpc) is 2.64. The zero-order valence-corrected chi connectivity index (χ0v) is 9.48. The maximum atomic E-state index is 11.4. The number of aromatic nitrogens is 1. The zero-order valence-electron chi connectivity index (χ0n) is 8.66. The first-order chi connectivity index (χ1) is 7.13. The van der Waals surface area contributed by atoms with E-state index in [2.05, 4.69) is 15.6 Å². The maximum Gasteiger partial charge on any atom is 0.270 e. The van der Waals surface area contributed by atoms with Crippen LogP contribution < -0.4 is 10.6 Å². The van der Waals surface area contributed by atoms with Crippen LogP contribution in [0.1, 0.15) is 21.9 Å². The number of carbonyl (C=O) groups is 2. The van der Waals surface area contributed by atoms with Crippen molar-refractivity contribution in [1.29, 1.82) is 0 Å². The molecule has 0 atom stereocenters. The summed E-state index contributed by atoms with van der Waals surface area (Å²) in [5.41, 5.74) is 0.411. The number of nitrogens with zero attached hydrogens (tertiary/aromatic N) is 1. The number of nitrogens with one attached hydrogen (secondary N) is 2. The van der Waals surface area contributed by atoms with Gasteiger partial charge in [-0.3, -0.25) is 9.59 Å². The third kappa shape index (κ3) is 3.67. The van der Waals surface area contributed by atoms with Crippen LogP contribution in [0.3, 0.4) is 0 Å². The summed E-state index contributed by atoms with van der Waals surface area (Å²) in [7, 11) is 1.56. The number of thiazole rings is 1. The molecule has 0 aliphatic rings. The Kier molecular flexibility index (Phi) is 4.23. The largest absolute Gasteiger partial charge is 0.359 e. The van der Waals surface area contributed by atoms with Gasteiger partial charge in [0.2, 0.25) is 5.91 Å². The van der Waals surface area contributed by atoms with Crippen LogP contribution >= 0.6 is 11.3 Å². The van der Waals surface area contributed by atoms with Gasteiger partial charge in [0.1, 0.15) is 5.69 Å². The molecule has 15 heavy (non-hydrogen) atoms. The summed E-state index contributed by atoms with van der Waals surface area (Å²) in [6.07, 6.45) is 0.283. The Morgan fingerprint density at radius 1 is 1.53 bits per heavy atom. The predicted molar refractivity (Wildman–Crippen MR) is 57.9 cm³/mol. The highest BCUT2D eigenvalue weighted by atomic mass is 32.1. The van der Waals surface area contributed by atoms with Crippen molar-refractivity contribution >= 4 is 23.2 Å². The van der Waals surface area contributed by atoms with E-state index in [0.717, 1.165) is 5.01 Å². The molecule has 0 saturated heterocycles. The molecule has 0 bridgehead atoms. The molecule has 0 saturated carbocycles. The first kappa shape index (κ1) is 11.6. The van der Waals surface area contributed by atoms with Crippen molar-refractivity contribution < 1.29 is 9.59 Å². The minimum atomic E-state index is -0.233. The summed E-state index contributed by atoms with van der Waals surface area (Å²) in [6.45, 7) is 2.17. The maximum absolute atomic E-state index is 11.4. The lowest BCUT2D eigenvalue weighted by Gasteiger charge is -2.01. The summed E-state index contributed by atoms with van der Waals surface area (Å²) >= 11 is 1.43. The van der Waals surface area contributed by atoms with Gasteiger partial charge in [-0.05, 0) is 6.92 Å². The summed E-state index contributed by atoms with van der Waals surface area (Å²) in [6, 6.07) is 0. The highest BCUT2D eigenvalue weighted by Crippen LogP contribution is 2.07. The van der Waals surface area contributed by atoms with Gasteiger partial charge >= 0.3 is 0 Å². The van der Waals surface area contributed by atoms with Gasteiger partial charge < -0.3 is 10.6 Å². The first-order valence-corrected chi connectivity index (χ1v) is 5.42. The van der Waals surface area contributed by atoms with Gasteiger partial charge in [-0.15, -0.1) is 11.3 Å². The lowest BCUT2D eigenvalue weighted by molar-refractivity contribution is -0.120. The molecule has 0 radical (unpaired) electrons. The van der Waals surface area contributed by atoms with E-state index in [9.17, 15) is 9.59 Å². The molecule has 0 aliphatic heterocycles. The van der Waals surface area contributed by atoms with Crippen molar-refractivity contribution in [1.82, 2.24) is 15.6 Å². The molecule has 0 unspecified atom stereocenters. The molecule has 0 spiro atoms. The zero-order chi connectivity index (χ0) is 11.3. The number of amides is 2. The minimum absolute atomic E-state index is 0.0928. The second kappa shape index (κ2) is 5.45.